The molecule has 0 atom stereocenters. The predicted molar refractivity (Wildman–Crippen MR) is 62.8 cm³/mol. The number of hydrogen-bond donors (Lipinski definition) is 1. The molecule has 2 heteroatoms. The second-order valence-electron chi connectivity index (χ2n) is 3.58. The molecule has 0 saturated heterocycles. The summed E-state index contributed by atoms with van der Waals surface area (Å²) in [6.45, 7) is 3.96. The van der Waals surface area contributed by atoms with Crippen molar-refractivity contribution in [3.05, 3.63) is 29.8 Å². The van der Waals surface area contributed by atoms with Crippen molar-refractivity contribution in [1.29, 1.82) is 0 Å². The van der Waals surface area contributed by atoms with E-state index in [1.54, 1.807) is 0 Å². The molecule has 1 aromatic rings. The maximum Gasteiger partial charge on any atom is 0.0363 e. The molecular formula is C12H20N2. The first-order valence-electron chi connectivity index (χ1n) is 5.28. The largest absolute Gasteiger partial charge is 0.375 e. The summed E-state index contributed by atoms with van der Waals surface area (Å²) in [5, 5.41) is 0. The van der Waals surface area contributed by atoms with E-state index >= 15 is 0 Å². The van der Waals surface area contributed by atoms with E-state index in [4.69, 9.17) is 5.73 Å². The Hall–Kier alpha value is -1.02. The van der Waals surface area contributed by atoms with Crippen molar-refractivity contribution < 1.29 is 0 Å². The van der Waals surface area contributed by atoms with Gasteiger partial charge < -0.3 is 10.6 Å². The first kappa shape index (κ1) is 11.1. The minimum atomic E-state index is 0.761. The molecule has 1 aromatic carbocycles. The van der Waals surface area contributed by atoms with Crippen LogP contribution in [-0.2, 0) is 6.42 Å². The van der Waals surface area contributed by atoms with Crippen molar-refractivity contribution in [2.75, 3.05) is 25.0 Å². The lowest BCUT2D eigenvalue weighted by atomic mass is 10.1. The maximum absolute atomic E-state index is 5.47. The number of hydrogen-bond acceptors (Lipinski definition) is 2. The Kier molecular flexibility index (Phi) is 4.47. The average Bonchev–Trinajstić information content (AvgIpc) is 2.26. The molecular weight excluding hydrogens is 172 g/mol. The van der Waals surface area contributed by atoms with Crippen molar-refractivity contribution >= 4 is 5.69 Å². The lowest BCUT2D eigenvalue weighted by Gasteiger charge is -2.18. The van der Waals surface area contributed by atoms with Crippen LogP contribution in [0.5, 0.6) is 0 Å². The second-order valence-corrected chi connectivity index (χ2v) is 3.58. The van der Waals surface area contributed by atoms with Crippen molar-refractivity contribution in [1.82, 2.24) is 0 Å². The molecule has 0 amide bonds. The monoisotopic (exact) mass is 192 g/mol. The van der Waals surface area contributed by atoms with Gasteiger partial charge in [0.15, 0.2) is 0 Å². The lowest BCUT2D eigenvalue weighted by molar-refractivity contribution is 0.795. The SMILES string of the molecule is CCc1ccc(N(C)CCCN)cc1. The standard InChI is InChI=1S/C12H20N2/c1-3-11-5-7-12(8-6-11)14(2)10-4-9-13/h5-8H,3-4,9-10,13H2,1-2H3. The van der Waals surface area contributed by atoms with Gasteiger partial charge in [-0.25, -0.2) is 0 Å². The molecule has 2 N–H and O–H groups in total. The van der Waals surface area contributed by atoms with E-state index in [0.29, 0.717) is 0 Å². The van der Waals surface area contributed by atoms with Crippen LogP contribution in [0, 0.1) is 0 Å². The lowest BCUT2D eigenvalue weighted by Crippen LogP contribution is -2.20. The molecule has 0 unspecified atom stereocenters. The third kappa shape index (κ3) is 3.04. The molecule has 0 aromatic heterocycles. The number of nitrogens with two attached hydrogens (primary N) is 1. The minimum Gasteiger partial charge on any atom is -0.375 e. The van der Waals surface area contributed by atoms with Gasteiger partial charge in [0.25, 0.3) is 0 Å². The van der Waals surface area contributed by atoms with Crippen LogP contribution in [0.2, 0.25) is 0 Å². The summed E-state index contributed by atoms with van der Waals surface area (Å²) in [4.78, 5) is 2.24. The molecule has 14 heavy (non-hydrogen) atoms. The molecule has 0 aliphatic rings. The zero-order valence-corrected chi connectivity index (χ0v) is 9.16. The van der Waals surface area contributed by atoms with E-state index in [1.165, 1.54) is 11.3 Å². The topological polar surface area (TPSA) is 29.3 Å². The van der Waals surface area contributed by atoms with E-state index in [1.807, 2.05) is 0 Å². The molecule has 0 bridgehead atoms. The van der Waals surface area contributed by atoms with Gasteiger partial charge in [-0.15, -0.1) is 0 Å². The third-order valence-electron chi connectivity index (χ3n) is 2.48. The van der Waals surface area contributed by atoms with Crippen LogP contribution in [-0.4, -0.2) is 20.1 Å². The highest BCUT2D eigenvalue weighted by atomic mass is 15.1. The van der Waals surface area contributed by atoms with E-state index in [2.05, 4.69) is 43.1 Å². The van der Waals surface area contributed by atoms with Crippen LogP contribution < -0.4 is 10.6 Å². The predicted octanol–water partition coefficient (Wildman–Crippen LogP) is 2.03. The number of anilines is 1. The Labute approximate surface area is 86.7 Å². The summed E-state index contributed by atoms with van der Waals surface area (Å²) < 4.78 is 0. The Balaban J connectivity index is 2.57. The van der Waals surface area contributed by atoms with E-state index < -0.39 is 0 Å². The Morgan fingerprint density at radius 1 is 1.21 bits per heavy atom. The summed E-state index contributed by atoms with van der Waals surface area (Å²) in [5.74, 6) is 0. The Morgan fingerprint density at radius 2 is 1.86 bits per heavy atom. The third-order valence-corrected chi connectivity index (χ3v) is 2.48. The number of nitrogens with zero attached hydrogens (tertiary/aromatic N) is 1. The number of rotatable bonds is 5. The molecule has 0 saturated carbocycles. The zero-order valence-electron chi connectivity index (χ0n) is 9.16. The minimum absolute atomic E-state index is 0.761. The maximum atomic E-state index is 5.47. The highest BCUT2D eigenvalue weighted by Gasteiger charge is 1.99. The van der Waals surface area contributed by atoms with Gasteiger partial charge in [0.1, 0.15) is 0 Å². The first-order chi connectivity index (χ1) is 6.77. The van der Waals surface area contributed by atoms with Gasteiger partial charge in [0.2, 0.25) is 0 Å². The van der Waals surface area contributed by atoms with Crippen LogP contribution in [0.25, 0.3) is 0 Å². The molecule has 78 valence electrons. The highest BCUT2D eigenvalue weighted by molar-refractivity contribution is 5.46. The molecule has 0 aliphatic carbocycles. The Morgan fingerprint density at radius 3 is 2.36 bits per heavy atom. The summed E-state index contributed by atoms with van der Waals surface area (Å²) in [6.07, 6.45) is 2.15. The summed E-state index contributed by atoms with van der Waals surface area (Å²) in [6, 6.07) is 8.73. The van der Waals surface area contributed by atoms with Crippen molar-refractivity contribution in [3.63, 3.8) is 0 Å². The quantitative estimate of drug-likeness (QED) is 0.773. The van der Waals surface area contributed by atoms with E-state index in [-0.39, 0.29) is 0 Å². The fourth-order valence-corrected chi connectivity index (χ4v) is 1.44. The normalized spacial score (nSPS) is 10.2. The van der Waals surface area contributed by atoms with Crippen LogP contribution in [0.3, 0.4) is 0 Å². The first-order valence-corrected chi connectivity index (χ1v) is 5.28. The second kappa shape index (κ2) is 5.66. The van der Waals surface area contributed by atoms with E-state index in [9.17, 15) is 0 Å². The van der Waals surface area contributed by atoms with E-state index in [0.717, 1.165) is 25.9 Å². The molecule has 0 spiro atoms. The smallest absolute Gasteiger partial charge is 0.0363 e. The van der Waals surface area contributed by atoms with Crippen LogP contribution >= 0.6 is 0 Å². The van der Waals surface area contributed by atoms with Gasteiger partial charge >= 0.3 is 0 Å². The zero-order chi connectivity index (χ0) is 10.4. The average molecular weight is 192 g/mol. The van der Waals surface area contributed by atoms with Crippen LogP contribution in [0.15, 0.2) is 24.3 Å². The van der Waals surface area contributed by atoms with Crippen molar-refractivity contribution in [2.24, 2.45) is 5.73 Å². The summed E-state index contributed by atoms with van der Waals surface area (Å²) in [5.41, 5.74) is 8.14. The van der Waals surface area contributed by atoms with Crippen LogP contribution in [0.4, 0.5) is 5.69 Å². The fourth-order valence-electron chi connectivity index (χ4n) is 1.44. The Bertz CT molecular complexity index is 254. The number of aryl methyl sites for hydroxylation is 1. The fraction of sp³-hybridized carbons (Fsp3) is 0.500. The summed E-state index contributed by atoms with van der Waals surface area (Å²) in [7, 11) is 2.11. The van der Waals surface area contributed by atoms with Gasteiger partial charge in [-0.1, -0.05) is 19.1 Å². The molecule has 0 aliphatic heterocycles. The molecule has 2 nitrogen and oxygen atoms in total. The van der Waals surface area contributed by atoms with Gasteiger partial charge in [0, 0.05) is 19.3 Å². The van der Waals surface area contributed by atoms with Gasteiger partial charge in [-0.05, 0) is 37.1 Å². The number of benzene rings is 1. The van der Waals surface area contributed by atoms with Gasteiger partial charge in [-0.2, -0.15) is 0 Å². The molecule has 0 heterocycles. The van der Waals surface area contributed by atoms with Gasteiger partial charge in [-0.3, -0.25) is 0 Å². The van der Waals surface area contributed by atoms with Crippen molar-refractivity contribution in [3.8, 4) is 0 Å². The van der Waals surface area contributed by atoms with Gasteiger partial charge in [0.05, 0.1) is 0 Å². The molecule has 0 radical (unpaired) electrons. The molecule has 0 fully saturated rings. The highest BCUT2D eigenvalue weighted by Crippen LogP contribution is 2.13. The van der Waals surface area contributed by atoms with Crippen LogP contribution in [0.1, 0.15) is 18.9 Å². The summed E-state index contributed by atoms with van der Waals surface area (Å²) >= 11 is 0. The molecule has 1 rings (SSSR count). The van der Waals surface area contributed by atoms with Crippen molar-refractivity contribution in [2.45, 2.75) is 19.8 Å².